The van der Waals surface area contributed by atoms with Gasteiger partial charge in [0.2, 0.25) is 0 Å². The Morgan fingerprint density at radius 2 is 1.39 bits per heavy atom. The first kappa shape index (κ1) is 17.4. The minimum Gasteiger partial charge on any atom is -0.481 e. The number of carboxylic acid groups (broad SMARTS) is 1. The molecule has 0 rings (SSSR count). The summed E-state index contributed by atoms with van der Waals surface area (Å²) < 4.78 is 0. The number of unbranched alkanes of at least 4 members (excludes halogenated alkanes) is 2. The van der Waals surface area contributed by atoms with E-state index in [4.69, 9.17) is 5.11 Å². The summed E-state index contributed by atoms with van der Waals surface area (Å²) in [4.78, 5) is 10.6. The molecule has 0 aromatic rings. The maximum Gasteiger partial charge on any atom is 0.303 e. The summed E-state index contributed by atoms with van der Waals surface area (Å²) >= 11 is 0. The van der Waals surface area contributed by atoms with Crippen molar-refractivity contribution in [1.82, 2.24) is 0 Å². The Morgan fingerprint density at radius 1 is 0.944 bits per heavy atom. The standard InChI is InChI=1S/C14H28O4/c1-3-5-7-12(15)11(9-10-14(17)18)13(16)8-6-4-2/h11-13,15-16H,3-10H2,1-2H3,(H,17,18). The number of carboxylic acids is 1. The maximum atomic E-state index is 10.6. The second-order valence-electron chi connectivity index (χ2n) is 5.02. The van der Waals surface area contributed by atoms with Crippen LogP contribution in [-0.4, -0.2) is 33.5 Å². The number of aliphatic hydroxyl groups is 2. The van der Waals surface area contributed by atoms with Crippen LogP contribution in [0.15, 0.2) is 0 Å². The Balaban J connectivity index is 4.33. The number of aliphatic carboxylic acids is 1. The van der Waals surface area contributed by atoms with Crippen LogP contribution < -0.4 is 0 Å². The maximum absolute atomic E-state index is 10.6. The minimum absolute atomic E-state index is 0.0109. The molecular formula is C14H28O4. The van der Waals surface area contributed by atoms with Crippen molar-refractivity contribution < 1.29 is 20.1 Å². The normalized spacial score (nSPS) is 16.2. The van der Waals surface area contributed by atoms with E-state index in [1.165, 1.54) is 0 Å². The zero-order valence-corrected chi connectivity index (χ0v) is 11.6. The van der Waals surface area contributed by atoms with Gasteiger partial charge in [0, 0.05) is 12.3 Å². The molecule has 0 amide bonds. The van der Waals surface area contributed by atoms with Gasteiger partial charge in [-0.25, -0.2) is 0 Å². The van der Waals surface area contributed by atoms with E-state index < -0.39 is 18.2 Å². The number of rotatable bonds is 11. The molecule has 0 aromatic carbocycles. The predicted octanol–water partition coefficient (Wildman–Crippen LogP) is 2.57. The van der Waals surface area contributed by atoms with Crippen molar-refractivity contribution in [3.8, 4) is 0 Å². The van der Waals surface area contributed by atoms with Gasteiger partial charge in [-0.3, -0.25) is 4.79 Å². The molecule has 0 bridgehead atoms. The van der Waals surface area contributed by atoms with Gasteiger partial charge in [0.05, 0.1) is 12.2 Å². The molecule has 108 valence electrons. The van der Waals surface area contributed by atoms with Crippen LogP contribution >= 0.6 is 0 Å². The first-order valence-corrected chi connectivity index (χ1v) is 7.10. The van der Waals surface area contributed by atoms with Crippen molar-refractivity contribution in [3.05, 3.63) is 0 Å². The van der Waals surface area contributed by atoms with Crippen molar-refractivity contribution >= 4 is 5.97 Å². The summed E-state index contributed by atoms with van der Waals surface area (Å²) in [6.45, 7) is 4.10. The van der Waals surface area contributed by atoms with Gasteiger partial charge in [-0.05, 0) is 19.3 Å². The molecular weight excluding hydrogens is 232 g/mol. The molecule has 18 heavy (non-hydrogen) atoms. The number of hydrogen-bond donors (Lipinski definition) is 3. The number of carbonyl (C=O) groups is 1. The fourth-order valence-corrected chi connectivity index (χ4v) is 2.19. The molecule has 0 saturated heterocycles. The zero-order valence-electron chi connectivity index (χ0n) is 11.6. The second kappa shape index (κ2) is 10.3. The molecule has 0 heterocycles. The number of hydrogen-bond acceptors (Lipinski definition) is 3. The Labute approximate surface area is 110 Å². The Kier molecular flexibility index (Phi) is 9.98. The summed E-state index contributed by atoms with van der Waals surface area (Å²) in [5, 5.41) is 28.9. The van der Waals surface area contributed by atoms with Gasteiger partial charge in [0.1, 0.15) is 0 Å². The van der Waals surface area contributed by atoms with E-state index in [0.717, 1.165) is 25.7 Å². The summed E-state index contributed by atoms with van der Waals surface area (Å²) in [6, 6.07) is 0. The largest absolute Gasteiger partial charge is 0.481 e. The third-order valence-electron chi connectivity index (χ3n) is 3.39. The van der Waals surface area contributed by atoms with Crippen LogP contribution in [-0.2, 0) is 4.79 Å². The molecule has 4 heteroatoms. The topological polar surface area (TPSA) is 77.8 Å². The fraction of sp³-hybridized carbons (Fsp3) is 0.929. The second-order valence-corrected chi connectivity index (χ2v) is 5.02. The van der Waals surface area contributed by atoms with E-state index in [0.29, 0.717) is 19.3 Å². The third-order valence-corrected chi connectivity index (χ3v) is 3.39. The first-order chi connectivity index (χ1) is 8.52. The van der Waals surface area contributed by atoms with Crippen LogP contribution in [0.1, 0.15) is 65.2 Å². The van der Waals surface area contributed by atoms with Gasteiger partial charge in [-0.1, -0.05) is 39.5 Å². The smallest absolute Gasteiger partial charge is 0.303 e. The Morgan fingerprint density at radius 3 is 1.72 bits per heavy atom. The molecule has 0 aliphatic carbocycles. The lowest BCUT2D eigenvalue weighted by Crippen LogP contribution is -2.32. The Bertz CT molecular complexity index is 204. The monoisotopic (exact) mass is 260 g/mol. The van der Waals surface area contributed by atoms with Crippen LogP contribution in [0.3, 0.4) is 0 Å². The lowest BCUT2D eigenvalue weighted by Gasteiger charge is -2.27. The summed E-state index contributed by atoms with van der Waals surface area (Å²) in [6.07, 6.45) is 4.28. The lowest BCUT2D eigenvalue weighted by molar-refractivity contribution is -0.137. The van der Waals surface area contributed by atoms with E-state index in [1.807, 2.05) is 13.8 Å². The summed E-state index contributed by atoms with van der Waals surface area (Å²) in [5.41, 5.74) is 0. The van der Waals surface area contributed by atoms with Crippen molar-refractivity contribution in [1.29, 1.82) is 0 Å². The van der Waals surface area contributed by atoms with Gasteiger partial charge in [-0.2, -0.15) is 0 Å². The SMILES string of the molecule is CCCCC(O)C(CCC(=O)O)C(O)CCCC. The van der Waals surface area contributed by atoms with Crippen LogP contribution in [0.2, 0.25) is 0 Å². The zero-order chi connectivity index (χ0) is 14.0. The highest BCUT2D eigenvalue weighted by Crippen LogP contribution is 2.23. The van der Waals surface area contributed by atoms with Gasteiger partial charge < -0.3 is 15.3 Å². The average Bonchev–Trinajstić information content (AvgIpc) is 2.33. The van der Waals surface area contributed by atoms with Crippen molar-refractivity contribution in [2.24, 2.45) is 5.92 Å². The summed E-state index contributed by atoms with van der Waals surface area (Å²) in [7, 11) is 0. The van der Waals surface area contributed by atoms with Gasteiger partial charge in [0.15, 0.2) is 0 Å². The van der Waals surface area contributed by atoms with E-state index in [-0.39, 0.29) is 12.3 Å². The van der Waals surface area contributed by atoms with E-state index in [9.17, 15) is 15.0 Å². The minimum atomic E-state index is -0.870. The highest BCUT2D eigenvalue weighted by atomic mass is 16.4. The first-order valence-electron chi connectivity index (χ1n) is 7.10. The molecule has 2 unspecified atom stereocenters. The Hall–Kier alpha value is -0.610. The summed E-state index contributed by atoms with van der Waals surface area (Å²) in [5.74, 6) is -1.18. The van der Waals surface area contributed by atoms with Gasteiger partial charge in [0.25, 0.3) is 0 Å². The van der Waals surface area contributed by atoms with Crippen molar-refractivity contribution in [2.75, 3.05) is 0 Å². The van der Waals surface area contributed by atoms with E-state index in [1.54, 1.807) is 0 Å². The van der Waals surface area contributed by atoms with Crippen LogP contribution in [0.25, 0.3) is 0 Å². The van der Waals surface area contributed by atoms with Gasteiger partial charge >= 0.3 is 5.97 Å². The van der Waals surface area contributed by atoms with Crippen LogP contribution in [0.5, 0.6) is 0 Å². The van der Waals surface area contributed by atoms with Crippen LogP contribution in [0, 0.1) is 5.92 Å². The van der Waals surface area contributed by atoms with Gasteiger partial charge in [-0.15, -0.1) is 0 Å². The van der Waals surface area contributed by atoms with Crippen LogP contribution in [0.4, 0.5) is 0 Å². The molecule has 3 N–H and O–H groups in total. The molecule has 4 nitrogen and oxygen atoms in total. The molecule has 0 aliphatic rings. The highest BCUT2D eigenvalue weighted by Gasteiger charge is 2.26. The highest BCUT2D eigenvalue weighted by molar-refractivity contribution is 5.66. The molecule has 0 saturated carbocycles. The quantitative estimate of drug-likeness (QED) is 0.533. The van der Waals surface area contributed by atoms with E-state index >= 15 is 0 Å². The molecule has 0 radical (unpaired) electrons. The molecule has 0 aliphatic heterocycles. The molecule has 2 atom stereocenters. The average molecular weight is 260 g/mol. The van der Waals surface area contributed by atoms with E-state index in [2.05, 4.69) is 0 Å². The molecule has 0 fully saturated rings. The fourth-order valence-electron chi connectivity index (χ4n) is 2.19. The third kappa shape index (κ3) is 7.67. The molecule has 0 aromatic heterocycles. The van der Waals surface area contributed by atoms with Crippen molar-refractivity contribution in [2.45, 2.75) is 77.4 Å². The lowest BCUT2D eigenvalue weighted by atomic mass is 9.86. The number of aliphatic hydroxyl groups excluding tert-OH is 2. The molecule has 0 spiro atoms. The predicted molar refractivity (Wildman–Crippen MR) is 71.4 cm³/mol. The van der Waals surface area contributed by atoms with Crippen molar-refractivity contribution in [3.63, 3.8) is 0 Å².